The van der Waals surface area contributed by atoms with Crippen molar-refractivity contribution < 1.29 is 4.74 Å². The highest BCUT2D eigenvalue weighted by Crippen LogP contribution is 2.33. The number of ether oxygens (including phenoxy) is 1. The molecular formula is C17H17ClN2O. The van der Waals surface area contributed by atoms with Gasteiger partial charge >= 0.3 is 0 Å². The Labute approximate surface area is 129 Å². The number of nitrogens with zero attached hydrogens (tertiary/aromatic N) is 2. The van der Waals surface area contributed by atoms with Crippen molar-refractivity contribution in [3.63, 3.8) is 0 Å². The average Bonchev–Trinajstić information content (AvgIpc) is 2.87. The van der Waals surface area contributed by atoms with Crippen LogP contribution in [-0.2, 0) is 0 Å². The Balaban J connectivity index is 2.40. The lowest BCUT2D eigenvalue weighted by molar-refractivity contribution is 0.419. The Hall–Kier alpha value is -2.00. The minimum absolute atomic E-state index is 0.193. The van der Waals surface area contributed by atoms with Gasteiger partial charge in [0.1, 0.15) is 17.1 Å². The molecule has 0 aliphatic rings. The summed E-state index contributed by atoms with van der Waals surface area (Å²) in [6.45, 7) is 4.02. The van der Waals surface area contributed by atoms with Gasteiger partial charge in [0.15, 0.2) is 0 Å². The Bertz CT molecular complexity index is 793. The lowest BCUT2D eigenvalue weighted by Crippen LogP contribution is -2.03. The summed E-state index contributed by atoms with van der Waals surface area (Å²) in [5.74, 6) is 1.59. The van der Waals surface area contributed by atoms with Crippen LogP contribution in [0, 0.1) is 6.92 Å². The molecule has 2 aromatic carbocycles. The molecule has 0 saturated carbocycles. The van der Waals surface area contributed by atoms with Crippen molar-refractivity contribution in [1.29, 1.82) is 0 Å². The molecule has 0 N–H and O–H groups in total. The summed E-state index contributed by atoms with van der Waals surface area (Å²) in [5, 5.41) is -0.193. The Morgan fingerprint density at radius 3 is 2.57 bits per heavy atom. The largest absolute Gasteiger partial charge is 0.494 e. The van der Waals surface area contributed by atoms with Crippen LogP contribution in [0.15, 0.2) is 42.5 Å². The second kappa shape index (κ2) is 5.41. The van der Waals surface area contributed by atoms with Crippen molar-refractivity contribution in [2.45, 2.75) is 19.2 Å². The molecule has 3 rings (SSSR count). The van der Waals surface area contributed by atoms with E-state index >= 15 is 0 Å². The molecule has 21 heavy (non-hydrogen) atoms. The Kier molecular flexibility index (Phi) is 3.60. The normalized spacial score (nSPS) is 12.6. The molecule has 0 aliphatic carbocycles. The molecule has 0 radical (unpaired) electrons. The van der Waals surface area contributed by atoms with Gasteiger partial charge in [0.05, 0.1) is 23.7 Å². The molecule has 0 amide bonds. The van der Waals surface area contributed by atoms with Gasteiger partial charge in [-0.2, -0.15) is 0 Å². The minimum Gasteiger partial charge on any atom is -0.494 e. The zero-order valence-corrected chi connectivity index (χ0v) is 13.1. The van der Waals surface area contributed by atoms with Gasteiger partial charge in [0, 0.05) is 0 Å². The van der Waals surface area contributed by atoms with Crippen LogP contribution >= 0.6 is 11.6 Å². The van der Waals surface area contributed by atoms with Crippen molar-refractivity contribution in [3.05, 3.63) is 53.9 Å². The summed E-state index contributed by atoms with van der Waals surface area (Å²) in [5.41, 5.74) is 4.12. The van der Waals surface area contributed by atoms with Crippen molar-refractivity contribution in [2.75, 3.05) is 7.11 Å². The van der Waals surface area contributed by atoms with Gasteiger partial charge in [-0.3, -0.25) is 4.57 Å². The summed E-state index contributed by atoms with van der Waals surface area (Å²) >= 11 is 6.35. The lowest BCUT2D eigenvalue weighted by atomic mass is 10.2. The molecule has 108 valence electrons. The van der Waals surface area contributed by atoms with Gasteiger partial charge in [-0.15, -0.1) is 11.6 Å². The number of alkyl halides is 1. The van der Waals surface area contributed by atoms with E-state index in [0.29, 0.717) is 0 Å². The van der Waals surface area contributed by atoms with E-state index in [2.05, 4.69) is 23.6 Å². The van der Waals surface area contributed by atoms with E-state index in [9.17, 15) is 0 Å². The third-order valence-corrected chi connectivity index (χ3v) is 3.80. The van der Waals surface area contributed by atoms with E-state index in [1.54, 1.807) is 7.11 Å². The van der Waals surface area contributed by atoms with E-state index < -0.39 is 0 Å². The monoisotopic (exact) mass is 300 g/mol. The fourth-order valence-electron chi connectivity index (χ4n) is 2.59. The molecule has 4 heteroatoms. The van der Waals surface area contributed by atoms with Crippen molar-refractivity contribution in [2.24, 2.45) is 0 Å². The van der Waals surface area contributed by atoms with E-state index in [-0.39, 0.29) is 5.38 Å². The van der Waals surface area contributed by atoms with Crippen molar-refractivity contribution in [3.8, 4) is 11.4 Å². The first kappa shape index (κ1) is 14.0. The quantitative estimate of drug-likeness (QED) is 0.659. The molecule has 3 nitrogen and oxygen atoms in total. The lowest BCUT2D eigenvalue weighted by Gasteiger charge is -2.13. The highest BCUT2D eigenvalue weighted by molar-refractivity contribution is 6.20. The smallest absolute Gasteiger partial charge is 0.146 e. The molecule has 0 bridgehead atoms. The number of rotatable bonds is 3. The fourth-order valence-corrected chi connectivity index (χ4v) is 2.74. The highest BCUT2D eigenvalue weighted by Gasteiger charge is 2.19. The molecule has 1 aromatic heterocycles. The summed E-state index contributed by atoms with van der Waals surface area (Å²) in [6.07, 6.45) is 0. The van der Waals surface area contributed by atoms with Gasteiger partial charge in [-0.05, 0) is 37.6 Å². The number of para-hydroxylation sites is 2. The summed E-state index contributed by atoms with van der Waals surface area (Å²) < 4.78 is 7.54. The molecule has 0 saturated heterocycles. The van der Waals surface area contributed by atoms with Gasteiger partial charge in [-0.1, -0.05) is 24.3 Å². The zero-order valence-electron chi connectivity index (χ0n) is 12.3. The number of benzene rings is 2. The predicted molar refractivity (Wildman–Crippen MR) is 86.6 cm³/mol. The number of fused-ring (bicyclic) bond motifs is 1. The fraction of sp³-hybridized carbons (Fsp3) is 0.235. The van der Waals surface area contributed by atoms with Crippen LogP contribution in [-0.4, -0.2) is 16.7 Å². The topological polar surface area (TPSA) is 27.1 Å². The number of hydrogen-bond donors (Lipinski definition) is 0. The van der Waals surface area contributed by atoms with Crippen LogP contribution < -0.4 is 4.74 Å². The Morgan fingerprint density at radius 1 is 1.14 bits per heavy atom. The first-order valence-corrected chi connectivity index (χ1v) is 7.32. The molecule has 1 unspecified atom stereocenters. The molecule has 0 spiro atoms. The number of aryl methyl sites for hydroxylation is 1. The average molecular weight is 301 g/mol. The number of imidazole rings is 1. The molecule has 1 heterocycles. The molecular weight excluding hydrogens is 284 g/mol. The first-order chi connectivity index (χ1) is 10.1. The van der Waals surface area contributed by atoms with Crippen LogP contribution in [0.3, 0.4) is 0 Å². The van der Waals surface area contributed by atoms with E-state index in [1.807, 2.05) is 37.3 Å². The van der Waals surface area contributed by atoms with Crippen LogP contribution in [0.2, 0.25) is 0 Å². The maximum absolute atomic E-state index is 6.35. The van der Waals surface area contributed by atoms with Gasteiger partial charge in [-0.25, -0.2) is 4.98 Å². The number of halogens is 1. The molecule has 3 aromatic rings. The Morgan fingerprint density at radius 2 is 1.90 bits per heavy atom. The molecule has 0 aliphatic heterocycles. The van der Waals surface area contributed by atoms with Crippen LogP contribution in [0.4, 0.5) is 0 Å². The van der Waals surface area contributed by atoms with Gasteiger partial charge in [0.25, 0.3) is 0 Å². The summed E-state index contributed by atoms with van der Waals surface area (Å²) in [6, 6.07) is 14.2. The molecule has 0 fully saturated rings. The SMILES string of the molecule is COc1cccc2c1nc(C(C)Cl)n2-c1ccccc1C. The van der Waals surface area contributed by atoms with Crippen LogP contribution in [0.1, 0.15) is 23.7 Å². The zero-order chi connectivity index (χ0) is 15.0. The minimum atomic E-state index is -0.193. The van der Waals surface area contributed by atoms with Crippen LogP contribution in [0.25, 0.3) is 16.7 Å². The summed E-state index contributed by atoms with van der Waals surface area (Å²) in [4.78, 5) is 4.71. The maximum atomic E-state index is 6.35. The molecule has 1 atom stereocenters. The van der Waals surface area contributed by atoms with E-state index in [0.717, 1.165) is 28.3 Å². The number of aromatic nitrogens is 2. The van der Waals surface area contributed by atoms with Crippen molar-refractivity contribution >= 4 is 22.6 Å². The second-order valence-corrected chi connectivity index (χ2v) is 5.69. The second-order valence-electron chi connectivity index (χ2n) is 5.04. The predicted octanol–water partition coefficient (Wildman–Crippen LogP) is 4.64. The summed E-state index contributed by atoms with van der Waals surface area (Å²) in [7, 11) is 1.66. The maximum Gasteiger partial charge on any atom is 0.146 e. The van der Waals surface area contributed by atoms with Gasteiger partial charge < -0.3 is 4.74 Å². The van der Waals surface area contributed by atoms with Crippen molar-refractivity contribution in [1.82, 2.24) is 9.55 Å². The number of methoxy groups -OCH3 is 1. The number of hydrogen-bond acceptors (Lipinski definition) is 2. The van der Waals surface area contributed by atoms with Gasteiger partial charge in [0.2, 0.25) is 0 Å². The third kappa shape index (κ3) is 2.28. The van der Waals surface area contributed by atoms with E-state index in [1.165, 1.54) is 5.56 Å². The first-order valence-electron chi connectivity index (χ1n) is 6.89. The highest BCUT2D eigenvalue weighted by atomic mass is 35.5. The van der Waals surface area contributed by atoms with Crippen LogP contribution in [0.5, 0.6) is 5.75 Å². The standard InChI is InChI=1S/C17H17ClN2O/c1-11-7-4-5-8-13(11)20-14-9-6-10-15(21-3)16(14)19-17(20)12(2)18/h4-10,12H,1-3H3. The van der Waals surface area contributed by atoms with E-state index in [4.69, 9.17) is 21.3 Å². The third-order valence-electron chi connectivity index (χ3n) is 3.61.